The first kappa shape index (κ1) is 10.3. The van der Waals surface area contributed by atoms with Crippen LogP contribution in [0, 0.1) is 5.82 Å². The molecular formula is C12H11FN2O2. The van der Waals surface area contributed by atoms with E-state index >= 15 is 0 Å². The Morgan fingerprint density at radius 2 is 2.29 bits per heavy atom. The molecule has 0 amide bonds. The normalized spacial score (nSPS) is 14.6. The lowest BCUT2D eigenvalue weighted by atomic mass is 10.1. The molecule has 0 aliphatic carbocycles. The highest BCUT2D eigenvalue weighted by molar-refractivity contribution is 5.35. The van der Waals surface area contributed by atoms with Gasteiger partial charge in [0.15, 0.2) is 0 Å². The molecule has 17 heavy (non-hydrogen) atoms. The molecule has 4 nitrogen and oxygen atoms in total. The van der Waals surface area contributed by atoms with Gasteiger partial charge < -0.3 is 4.74 Å². The molecule has 1 aromatic carbocycles. The Kier molecular flexibility index (Phi) is 2.33. The van der Waals surface area contributed by atoms with Crippen LogP contribution >= 0.6 is 0 Å². The van der Waals surface area contributed by atoms with E-state index in [0.29, 0.717) is 30.9 Å². The lowest BCUT2D eigenvalue weighted by molar-refractivity contribution is 0.109. The molecule has 1 aromatic heterocycles. The van der Waals surface area contributed by atoms with Gasteiger partial charge in [0.05, 0.1) is 30.2 Å². The standard InChI is InChI=1S/C12H11FN2O2/c13-8-2-1-3-9(6-8)15-11-4-5-17-7-10(11)12(16)14-15/h1-3,6H,4-5,7H2,(H,14,16). The van der Waals surface area contributed by atoms with Crippen LogP contribution in [0.5, 0.6) is 0 Å². The maximum absolute atomic E-state index is 13.2. The number of H-pyrrole nitrogens is 1. The predicted octanol–water partition coefficient (Wildman–Crippen LogP) is 1.38. The van der Waals surface area contributed by atoms with E-state index in [4.69, 9.17) is 4.74 Å². The first-order valence-electron chi connectivity index (χ1n) is 5.42. The molecular weight excluding hydrogens is 223 g/mol. The Hall–Kier alpha value is -1.88. The van der Waals surface area contributed by atoms with Crippen molar-refractivity contribution in [3.8, 4) is 5.69 Å². The first-order valence-corrected chi connectivity index (χ1v) is 5.42. The van der Waals surface area contributed by atoms with Gasteiger partial charge in [-0.05, 0) is 18.2 Å². The predicted molar refractivity (Wildman–Crippen MR) is 59.7 cm³/mol. The zero-order valence-corrected chi connectivity index (χ0v) is 9.07. The molecule has 5 heteroatoms. The van der Waals surface area contributed by atoms with E-state index in [1.165, 1.54) is 12.1 Å². The summed E-state index contributed by atoms with van der Waals surface area (Å²) in [5, 5.41) is 2.71. The summed E-state index contributed by atoms with van der Waals surface area (Å²) in [6.45, 7) is 0.909. The number of hydrogen-bond acceptors (Lipinski definition) is 2. The maximum Gasteiger partial charge on any atom is 0.270 e. The second-order valence-electron chi connectivity index (χ2n) is 3.98. The summed E-state index contributed by atoms with van der Waals surface area (Å²) in [5.74, 6) is -0.321. The van der Waals surface area contributed by atoms with Crippen molar-refractivity contribution >= 4 is 0 Å². The van der Waals surface area contributed by atoms with Crippen LogP contribution in [0.4, 0.5) is 4.39 Å². The molecule has 0 bridgehead atoms. The number of halogens is 1. The van der Waals surface area contributed by atoms with E-state index in [1.807, 2.05) is 0 Å². The zero-order chi connectivity index (χ0) is 11.8. The van der Waals surface area contributed by atoms with Crippen molar-refractivity contribution in [3.63, 3.8) is 0 Å². The first-order chi connectivity index (χ1) is 8.25. The Bertz CT molecular complexity index is 615. The molecule has 1 aliphatic rings. The van der Waals surface area contributed by atoms with Crippen LogP contribution < -0.4 is 5.56 Å². The summed E-state index contributed by atoms with van der Waals surface area (Å²) in [4.78, 5) is 11.7. The third-order valence-electron chi connectivity index (χ3n) is 2.90. The van der Waals surface area contributed by atoms with Crippen LogP contribution in [-0.2, 0) is 17.8 Å². The van der Waals surface area contributed by atoms with E-state index in [0.717, 1.165) is 5.69 Å². The Morgan fingerprint density at radius 1 is 1.41 bits per heavy atom. The number of hydrogen-bond donors (Lipinski definition) is 1. The monoisotopic (exact) mass is 234 g/mol. The summed E-state index contributed by atoms with van der Waals surface area (Å²) in [6.07, 6.45) is 0.657. The maximum atomic E-state index is 13.2. The van der Waals surface area contributed by atoms with Gasteiger partial charge in [-0.25, -0.2) is 4.39 Å². The molecule has 0 radical (unpaired) electrons. The van der Waals surface area contributed by atoms with E-state index in [-0.39, 0.29) is 11.4 Å². The van der Waals surface area contributed by atoms with Gasteiger partial charge in [0.25, 0.3) is 5.56 Å². The molecule has 1 aliphatic heterocycles. The second kappa shape index (κ2) is 3.85. The molecule has 2 heterocycles. The Morgan fingerprint density at radius 3 is 3.12 bits per heavy atom. The van der Waals surface area contributed by atoms with E-state index < -0.39 is 0 Å². The lowest BCUT2D eigenvalue weighted by Gasteiger charge is -2.14. The summed E-state index contributed by atoms with van der Waals surface area (Å²) in [5.41, 5.74) is 1.99. The highest BCUT2D eigenvalue weighted by Crippen LogP contribution is 2.17. The number of rotatable bonds is 1. The quantitative estimate of drug-likeness (QED) is 0.810. The van der Waals surface area contributed by atoms with Crippen molar-refractivity contribution in [1.82, 2.24) is 9.78 Å². The highest BCUT2D eigenvalue weighted by Gasteiger charge is 2.19. The van der Waals surface area contributed by atoms with Crippen LogP contribution in [0.25, 0.3) is 5.69 Å². The van der Waals surface area contributed by atoms with Gasteiger partial charge in [-0.15, -0.1) is 0 Å². The van der Waals surface area contributed by atoms with Crippen molar-refractivity contribution in [3.05, 3.63) is 51.7 Å². The minimum Gasteiger partial charge on any atom is -0.376 e. The third-order valence-corrected chi connectivity index (χ3v) is 2.90. The summed E-state index contributed by atoms with van der Waals surface area (Å²) >= 11 is 0. The number of nitrogens with one attached hydrogen (secondary N) is 1. The van der Waals surface area contributed by atoms with E-state index in [2.05, 4.69) is 5.10 Å². The number of benzene rings is 1. The highest BCUT2D eigenvalue weighted by atomic mass is 19.1. The van der Waals surface area contributed by atoms with Gasteiger partial charge in [-0.2, -0.15) is 0 Å². The molecule has 0 spiro atoms. The smallest absolute Gasteiger partial charge is 0.270 e. The van der Waals surface area contributed by atoms with E-state index in [9.17, 15) is 9.18 Å². The average Bonchev–Trinajstić information content (AvgIpc) is 2.68. The van der Waals surface area contributed by atoms with Gasteiger partial charge >= 0.3 is 0 Å². The second-order valence-corrected chi connectivity index (χ2v) is 3.98. The number of fused-ring (bicyclic) bond motifs is 1. The molecule has 1 N–H and O–H groups in total. The summed E-state index contributed by atoms with van der Waals surface area (Å²) in [7, 11) is 0. The number of aromatic nitrogens is 2. The number of ether oxygens (including phenoxy) is 1. The fourth-order valence-electron chi connectivity index (χ4n) is 2.09. The summed E-state index contributed by atoms with van der Waals surface area (Å²) in [6, 6.07) is 6.15. The van der Waals surface area contributed by atoms with Crippen LogP contribution in [0.1, 0.15) is 11.3 Å². The van der Waals surface area contributed by atoms with Gasteiger partial charge in [0.2, 0.25) is 0 Å². The molecule has 0 unspecified atom stereocenters. The zero-order valence-electron chi connectivity index (χ0n) is 9.07. The molecule has 0 atom stereocenters. The van der Waals surface area contributed by atoms with Crippen molar-refractivity contribution in [1.29, 1.82) is 0 Å². The largest absolute Gasteiger partial charge is 0.376 e. The fraction of sp³-hybridized carbons (Fsp3) is 0.250. The van der Waals surface area contributed by atoms with Crippen molar-refractivity contribution in [2.45, 2.75) is 13.0 Å². The van der Waals surface area contributed by atoms with Crippen molar-refractivity contribution < 1.29 is 9.13 Å². The summed E-state index contributed by atoms with van der Waals surface area (Å²) < 4.78 is 20.0. The molecule has 2 aromatic rings. The van der Waals surface area contributed by atoms with Gasteiger partial charge in [0.1, 0.15) is 5.82 Å². The van der Waals surface area contributed by atoms with Gasteiger partial charge in [-0.1, -0.05) is 6.07 Å². The number of nitrogens with zero attached hydrogens (tertiary/aromatic N) is 1. The SMILES string of the molecule is O=c1[nH]n(-c2cccc(F)c2)c2c1COCC2. The lowest BCUT2D eigenvalue weighted by Crippen LogP contribution is -2.15. The Balaban J connectivity index is 2.18. The minimum absolute atomic E-state index is 0.163. The van der Waals surface area contributed by atoms with E-state index in [1.54, 1.807) is 16.8 Å². The Labute approximate surface area is 96.6 Å². The minimum atomic E-state index is -0.321. The molecule has 0 saturated carbocycles. The topological polar surface area (TPSA) is 47.0 Å². The molecule has 0 saturated heterocycles. The molecule has 88 valence electrons. The molecule has 0 fully saturated rings. The van der Waals surface area contributed by atoms with Crippen LogP contribution in [0.2, 0.25) is 0 Å². The van der Waals surface area contributed by atoms with Gasteiger partial charge in [-0.3, -0.25) is 14.6 Å². The van der Waals surface area contributed by atoms with Crippen LogP contribution in [0.3, 0.4) is 0 Å². The molecule has 3 rings (SSSR count). The van der Waals surface area contributed by atoms with Gasteiger partial charge in [0, 0.05) is 6.42 Å². The fourth-order valence-corrected chi connectivity index (χ4v) is 2.09. The van der Waals surface area contributed by atoms with Crippen molar-refractivity contribution in [2.75, 3.05) is 6.61 Å². The van der Waals surface area contributed by atoms with Crippen molar-refractivity contribution in [2.24, 2.45) is 0 Å². The average molecular weight is 234 g/mol. The number of aromatic amines is 1. The van der Waals surface area contributed by atoms with Crippen LogP contribution in [0.15, 0.2) is 29.1 Å². The third kappa shape index (κ3) is 1.68. The van der Waals surface area contributed by atoms with Crippen LogP contribution in [-0.4, -0.2) is 16.4 Å².